The molecule has 1 aromatic rings. The van der Waals surface area contributed by atoms with Crippen LogP contribution in [0.1, 0.15) is 37.7 Å². The first-order valence-electron chi connectivity index (χ1n) is 6.79. The monoisotopic (exact) mass is 247 g/mol. The zero-order valence-electron chi connectivity index (χ0n) is 11.2. The van der Waals surface area contributed by atoms with Gasteiger partial charge in [-0.2, -0.15) is 0 Å². The second kappa shape index (κ2) is 4.38. The molecule has 1 heterocycles. The largest absolute Gasteiger partial charge is 0.497 e. The summed E-state index contributed by atoms with van der Waals surface area (Å²) in [4.78, 5) is 0. The second-order valence-corrected chi connectivity index (χ2v) is 5.42. The van der Waals surface area contributed by atoms with Gasteiger partial charge in [0.2, 0.25) is 0 Å². The molecule has 1 aliphatic heterocycles. The van der Waals surface area contributed by atoms with Crippen molar-refractivity contribution >= 4 is 5.69 Å². The van der Waals surface area contributed by atoms with Gasteiger partial charge in [-0.1, -0.05) is 12.8 Å². The zero-order chi connectivity index (χ0) is 12.6. The summed E-state index contributed by atoms with van der Waals surface area (Å²) in [7, 11) is 3.45. The molecule has 1 saturated carbocycles. The van der Waals surface area contributed by atoms with Crippen molar-refractivity contribution in [3.63, 3.8) is 0 Å². The Morgan fingerprint density at radius 3 is 2.50 bits per heavy atom. The number of rotatable bonds is 2. The third-order valence-electron chi connectivity index (χ3n) is 4.57. The highest BCUT2D eigenvalue weighted by Gasteiger charge is 2.40. The summed E-state index contributed by atoms with van der Waals surface area (Å²) >= 11 is 0. The highest BCUT2D eigenvalue weighted by Crippen LogP contribution is 2.52. The van der Waals surface area contributed by atoms with E-state index in [2.05, 4.69) is 11.4 Å². The predicted octanol–water partition coefficient (Wildman–Crippen LogP) is 3.33. The highest BCUT2D eigenvalue weighted by molar-refractivity contribution is 5.68. The van der Waals surface area contributed by atoms with Crippen LogP contribution in [0.15, 0.2) is 12.1 Å². The number of hydrogen-bond donors (Lipinski definition) is 1. The fourth-order valence-corrected chi connectivity index (χ4v) is 3.60. The van der Waals surface area contributed by atoms with Crippen LogP contribution in [0, 0.1) is 0 Å². The molecule has 0 unspecified atom stereocenters. The Balaban J connectivity index is 2.15. The summed E-state index contributed by atoms with van der Waals surface area (Å²) < 4.78 is 10.9. The molecule has 0 saturated heterocycles. The van der Waals surface area contributed by atoms with E-state index in [1.165, 1.54) is 43.4 Å². The molecule has 2 aliphatic rings. The van der Waals surface area contributed by atoms with Crippen LogP contribution in [-0.2, 0) is 5.41 Å². The first kappa shape index (κ1) is 11.7. The van der Waals surface area contributed by atoms with E-state index in [9.17, 15) is 0 Å². The van der Waals surface area contributed by atoms with Gasteiger partial charge in [-0.3, -0.25) is 0 Å². The predicted molar refractivity (Wildman–Crippen MR) is 72.8 cm³/mol. The summed E-state index contributed by atoms with van der Waals surface area (Å²) in [5.74, 6) is 1.82. The van der Waals surface area contributed by atoms with E-state index in [1.54, 1.807) is 14.2 Å². The lowest BCUT2D eigenvalue weighted by molar-refractivity contribution is 0.374. The minimum absolute atomic E-state index is 0.363. The topological polar surface area (TPSA) is 30.5 Å². The fraction of sp³-hybridized carbons (Fsp3) is 0.600. The van der Waals surface area contributed by atoms with Gasteiger partial charge in [0.05, 0.1) is 19.9 Å². The first-order chi connectivity index (χ1) is 8.79. The van der Waals surface area contributed by atoms with E-state index < -0.39 is 0 Å². The second-order valence-electron chi connectivity index (χ2n) is 5.42. The quantitative estimate of drug-likeness (QED) is 0.869. The number of benzene rings is 1. The molecule has 1 fully saturated rings. The molecule has 1 aliphatic carbocycles. The molecule has 1 N–H and O–H groups in total. The molecule has 0 radical (unpaired) electrons. The smallest absolute Gasteiger partial charge is 0.145 e. The zero-order valence-corrected chi connectivity index (χ0v) is 11.2. The van der Waals surface area contributed by atoms with Crippen molar-refractivity contribution in [2.75, 3.05) is 26.1 Å². The summed E-state index contributed by atoms with van der Waals surface area (Å²) in [5, 5.41) is 3.50. The molecule has 3 heteroatoms. The number of methoxy groups -OCH3 is 2. The molecule has 0 amide bonds. The van der Waals surface area contributed by atoms with Gasteiger partial charge >= 0.3 is 0 Å². The normalized spacial score (nSPS) is 20.3. The molecule has 0 bridgehead atoms. The third-order valence-corrected chi connectivity index (χ3v) is 4.57. The number of ether oxygens (including phenoxy) is 2. The summed E-state index contributed by atoms with van der Waals surface area (Å²) in [6.45, 7) is 1.05. The van der Waals surface area contributed by atoms with E-state index in [-0.39, 0.29) is 0 Å². The maximum absolute atomic E-state index is 5.52. The Morgan fingerprint density at radius 1 is 1.06 bits per heavy atom. The molecule has 1 spiro atoms. The van der Waals surface area contributed by atoms with Crippen LogP contribution in [0.2, 0.25) is 0 Å². The summed E-state index contributed by atoms with van der Waals surface area (Å²) in [5.41, 5.74) is 2.96. The van der Waals surface area contributed by atoms with Crippen molar-refractivity contribution in [1.82, 2.24) is 0 Å². The average Bonchev–Trinajstić information content (AvgIpc) is 2.87. The lowest BCUT2D eigenvalue weighted by Gasteiger charge is -2.37. The lowest BCUT2D eigenvalue weighted by Crippen LogP contribution is -2.31. The van der Waals surface area contributed by atoms with Gasteiger partial charge in [0.25, 0.3) is 0 Å². The molecule has 98 valence electrons. The Labute approximate surface area is 108 Å². The highest BCUT2D eigenvalue weighted by atomic mass is 16.5. The molecule has 0 atom stereocenters. The Hall–Kier alpha value is -1.38. The molecule has 1 aromatic carbocycles. The van der Waals surface area contributed by atoms with Crippen LogP contribution < -0.4 is 14.8 Å². The van der Waals surface area contributed by atoms with Crippen LogP contribution >= 0.6 is 0 Å². The summed E-state index contributed by atoms with van der Waals surface area (Å²) in [6, 6.07) is 4.18. The molecular formula is C15H21NO2. The van der Waals surface area contributed by atoms with Crippen LogP contribution in [0.3, 0.4) is 0 Å². The van der Waals surface area contributed by atoms with E-state index >= 15 is 0 Å². The lowest BCUT2D eigenvalue weighted by atomic mass is 9.73. The van der Waals surface area contributed by atoms with Crippen molar-refractivity contribution in [3.05, 3.63) is 17.7 Å². The SMILES string of the molecule is COc1cc(OC)c2c(c1)C1(CCCC1)CCN2. The van der Waals surface area contributed by atoms with Crippen molar-refractivity contribution in [2.24, 2.45) is 0 Å². The molecule has 18 heavy (non-hydrogen) atoms. The van der Waals surface area contributed by atoms with Gasteiger partial charge in [0.1, 0.15) is 11.5 Å². The average molecular weight is 247 g/mol. The van der Waals surface area contributed by atoms with E-state index in [4.69, 9.17) is 9.47 Å². The van der Waals surface area contributed by atoms with E-state index in [1.807, 2.05) is 6.07 Å². The van der Waals surface area contributed by atoms with Gasteiger partial charge in [-0.25, -0.2) is 0 Å². The van der Waals surface area contributed by atoms with E-state index in [0.29, 0.717) is 5.41 Å². The van der Waals surface area contributed by atoms with Gasteiger partial charge in [-0.15, -0.1) is 0 Å². The van der Waals surface area contributed by atoms with Crippen LogP contribution in [0.5, 0.6) is 11.5 Å². The van der Waals surface area contributed by atoms with Crippen molar-refractivity contribution in [3.8, 4) is 11.5 Å². The Morgan fingerprint density at radius 2 is 1.83 bits per heavy atom. The number of anilines is 1. The first-order valence-corrected chi connectivity index (χ1v) is 6.79. The van der Waals surface area contributed by atoms with Crippen LogP contribution in [0.4, 0.5) is 5.69 Å². The minimum Gasteiger partial charge on any atom is -0.497 e. The Bertz CT molecular complexity index is 450. The number of nitrogens with one attached hydrogen (secondary N) is 1. The van der Waals surface area contributed by atoms with Gasteiger partial charge in [0.15, 0.2) is 0 Å². The Kier molecular flexibility index (Phi) is 2.84. The third kappa shape index (κ3) is 1.64. The maximum atomic E-state index is 5.52. The maximum Gasteiger partial charge on any atom is 0.145 e. The van der Waals surface area contributed by atoms with E-state index in [0.717, 1.165) is 18.0 Å². The molecule has 3 nitrogen and oxygen atoms in total. The van der Waals surface area contributed by atoms with Crippen LogP contribution in [-0.4, -0.2) is 20.8 Å². The van der Waals surface area contributed by atoms with Crippen molar-refractivity contribution in [2.45, 2.75) is 37.5 Å². The summed E-state index contributed by atoms with van der Waals surface area (Å²) in [6.07, 6.45) is 6.53. The van der Waals surface area contributed by atoms with Gasteiger partial charge in [0, 0.05) is 12.6 Å². The van der Waals surface area contributed by atoms with Gasteiger partial charge in [-0.05, 0) is 36.3 Å². The fourth-order valence-electron chi connectivity index (χ4n) is 3.60. The standard InChI is InChI=1S/C15H21NO2/c1-17-11-9-12-14(13(10-11)18-2)16-8-7-15(12)5-3-4-6-15/h9-10,16H,3-8H2,1-2H3. The number of hydrogen-bond acceptors (Lipinski definition) is 3. The minimum atomic E-state index is 0.363. The molecular weight excluding hydrogens is 226 g/mol. The van der Waals surface area contributed by atoms with Crippen LogP contribution in [0.25, 0.3) is 0 Å². The molecule has 3 rings (SSSR count). The van der Waals surface area contributed by atoms with Gasteiger partial charge < -0.3 is 14.8 Å². The van der Waals surface area contributed by atoms with Crippen molar-refractivity contribution < 1.29 is 9.47 Å². The number of fused-ring (bicyclic) bond motifs is 2. The van der Waals surface area contributed by atoms with Crippen molar-refractivity contribution in [1.29, 1.82) is 0 Å². The molecule has 0 aromatic heterocycles.